The van der Waals surface area contributed by atoms with Crippen LogP contribution < -0.4 is 10.6 Å². The van der Waals surface area contributed by atoms with Gasteiger partial charge in [-0.15, -0.1) is 0 Å². The van der Waals surface area contributed by atoms with Crippen LogP contribution in [0, 0.1) is 11.3 Å². The third kappa shape index (κ3) is 7.83. The molecule has 1 aliphatic carbocycles. The highest BCUT2D eigenvalue weighted by molar-refractivity contribution is 6.05. The van der Waals surface area contributed by atoms with Crippen LogP contribution in [-0.2, 0) is 14.3 Å². The summed E-state index contributed by atoms with van der Waals surface area (Å²) in [5, 5.41) is 31.1. The van der Waals surface area contributed by atoms with Crippen LogP contribution in [0.4, 0.5) is 4.39 Å². The van der Waals surface area contributed by atoms with E-state index >= 15 is 0 Å². The van der Waals surface area contributed by atoms with E-state index in [4.69, 9.17) is 15.3 Å². The third-order valence-corrected chi connectivity index (χ3v) is 5.12. The number of nitrogens with zero attached hydrogens (tertiary/aromatic N) is 1. The van der Waals surface area contributed by atoms with Crippen molar-refractivity contribution in [1.82, 2.24) is 15.5 Å². The average molecular weight is 465 g/mol. The Labute approximate surface area is 193 Å². The molecule has 9 nitrogen and oxygen atoms in total. The first kappa shape index (κ1) is 26.3. The number of carbonyl (C=O) groups excluding carboxylic acids is 2. The second-order valence-corrected chi connectivity index (χ2v) is 8.47. The number of aliphatic hydroxyl groups is 2. The van der Waals surface area contributed by atoms with Crippen LogP contribution >= 0.6 is 0 Å². The van der Waals surface area contributed by atoms with E-state index in [2.05, 4.69) is 10.6 Å². The number of nitrogens with one attached hydrogen (secondary N) is 3. The second kappa shape index (κ2) is 12.3. The molecule has 10 heteroatoms. The van der Waals surface area contributed by atoms with Crippen molar-refractivity contribution in [3.8, 4) is 0 Å². The standard InChI is InChI=1S/C23H33FN4O5/c1-14(2)9-18(23(32)27-20(25)7-8-26-11-16(30)13-29)28-12-17(10-21(28)31)33-19-6-4-5-15(3)22(19)24/h5,7-8,10,14,16,18,26,29-30H,4,6,9,11-13H2,1-3H3,(H2,25,27,32)/b8-7-/t16-,18+/m1/s1. The van der Waals surface area contributed by atoms with Gasteiger partial charge in [-0.3, -0.25) is 15.0 Å². The third-order valence-electron chi connectivity index (χ3n) is 5.12. The minimum absolute atomic E-state index is 0.0347. The smallest absolute Gasteiger partial charge is 0.251 e. The predicted octanol–water partition coefficient (Wildman–Crippen LogP) is 1.61. The molecule has 0 bridgehead atoms. The van der Waals surface area contributed by atoms with Gasteiger partial charge in [0.15, 0.2) is 5.83 Å². The van der Waals surface area contributed by atoms with Crippen LogP contribution in [0.2, 0.25) is 0 Å². The molecular weight excluding hydrogens is 431 g/mol. The highest BCUT2D eigenvalue weighted by Crippen LogP contribution is 2.30. The van der Waals surface area contributed by atoms with E-state index in [0.29, 0.717) is 24.8 Å². The Morgan fingerprint density at radius 2 is 2.15 bits per heavy atom. The number of aliphatic hydroxyl groups excluding tert-OH is 2. The van der Waals surface area contributed by atoms with Crippen LogP contribution in [0.3, 0.4) is 0 Å². The van der Waals surface area contributed by atoms with Gasteiger partial charge in [-0.25, -0.2) is 4.39 Å². The van der Waals surface area contributed by atoms with Crippen molar-refractivity contribution in [2.45, 2.75) is 52.2 Å². The number of ether oxygens (including phenoxy) is 1. The number of hydrogen-bond donors (Lipinski definition) is 5. The summed E-state index contributed by atoms with van der Waals surface area (Å²) in [7, 11) is 0. The molecule has 1 heterocycles. The SMILES string of the molecule is CC1=CCCC(OC2=CC(=O)N([C@@H](CC(C)C)C(=O)NC(=N)/C=C\NC[C@@H](O)CO)C2)=C1F. The molecule has 0 aromatic carbocycles. The molecule has 2 aliphatic rings. The maximum Gasteiger partial charge on any atom is 0.251 e. The van der Waals surface area contributed by atoms with E-state index in [1.165, 1.54) is 23.3 Å². The van der Waals surface area contributed by atoms with Gasteiger partial charge in [0.25, 0.3) is 5.91 Å². The van der Waals surface area contributed by atoms with Gasteiger partial charge < -0.3 is 30.5 Å². The van der Waals surface area contributed by atoms with Crippen molar-refractivity contribution in [3.05, 3.63) is 47.3 Å². The normalized spacial score (nSPS) is 18.4. The number of halogens is 1. The first-order chi connectivity index (χ1) is 15.6. The Balaban J connectivity index is 2.01. The first-order valence-electron chi connectivity index (χ1n) is 10.9. The van der Waals surface area contributed by atoms with Crippen molar-refractivity contribution in [1.29, 1.82) is 5.41 Å². The van der Waals surface area contributed by atoms with Crippen molar-refractivity contribution in [3.63, 3.8) is 0 Å². The lowest BCUT2D eigenvalue weighted by molar-refractivity contribution is -0.135. The van der Waals surface area contributed by atoms with Crippen LogP contribution in [-0.4, -0.2) is 64.6 Å². The molecule has 0 unspecified atom stereocenters. The molecule has 2 rings (SSSR count). The molecule has 0 radical (unpaired) electrons. The molecule has 0 aromatic rings. The molecule has 0 aromatic heterocycles. The number of hydrogen-bond acceptors (Lipinski definition) is 7. The number of allylic oxidation sites excluding steroid dienone is 4. The largest absolute Gasteiger partial charge is 0.461 e. The lowest BCUT2D eigenvalue weighted by atomic mass is 10.0. The molecule has 0 fully saturated rings. The summed E-state index contributed by atoms with van der Waals surface area (Å²) in [5.41, 5.74) is 0.502. The van der Waals surface area contributed by atoms with E-state index < -0.39 is 36.4 Å². The minimum Gasteiger partial charge on any atom is -0.461 e. The highest BCUT2D eigenvalue weighted by Gasteiger charge is 2.35. The summed E-state index contributed by atoms with van der Waals surface area (Å²) in [4.78, 5) is 26.9. The van der Waals surface area contributed by atoms with Crippen LogP contribution in [0.5, 0.6) is 0 Å². The molecule has 2 amide bonds. The van der Waals surface area contributed by atoms with E-state index in [1.807, 2.05) is 13.8 Å². The number of carbonyl (C=O) groups is 2. The van der Waals surface area contributed by atoms with Gasteiger partial charge in [0.05, 0.1) is 19.3 Å². The zero-order valence-electron chi connectivity index (χ0n) is 19.2. The maximum atomic E-state index is 14.3. The fourth-order valence-corrected chi connectivity index (χ4v) is 3.42. The lowest BCUT2D eigenvalue weighted by Gasteiger charge is -2.28. The van der Waals surface area contributed by atoms with Crippen molar-refractivity contribution in [2.24, 2.45) is 5.92 Å². The zero-order chi connectivity index (χ0) is 24.5. The summed E-state index contributed by atoms with van der Waals surface area (Å²) < 4.78 is 20.0. The van der Waals surface area contributed by atoms with Crippen molar-refractivity contribution >= 4 is 17.6 Å². The highest BCUT2D eigenvalue weighted by atomic mass is 19.1. The molecule has 0 saturated heterocycles. The van der Waals surface area contributed by atoms with Gasteiger partial charge in [-0.2, -0.15) is 0 Å². The molecule has 0 saturated carbocycles. The van der Waals surface area contributed by atoms with Gasteiger partial charge in [0.2, 0.25) is 5.91 Å². The molecule has 182 valence electrons. The van der Waals surface area contributed by atoms with Crippen LogP contribution in [0.15, 0.2) is 47.3 Å². The Hall–Kier alpha value is -2.98. The van der Waals surface area contributed by atoms with E-state index in [1.54, 1.807) is 13.0 Å². The van der Waals surface area contributed by atoms with Crippen LogP contribution in [0.25, 0.3) is 0 Å². The summed E-state index contributed by atoms with van der Waals surface area (Å²) in [6, 6.07) is -0.834. The molecule has 0 spiro atoms. The molecule has 33 heavy (non-hydrogen) atoms. The van der Waals surface area contributed by atoms with E-state index in [-0.39, 0.29) is 36.4 Å². The molecule has 5 N–H and O–H groups in total. The Kier molecular flexibility index (Phi) is 9.80. The second-order valence-electron chi connectivity index (χ2n) is 8.47. The number of amidine groups is 1. The Bertz CT molecular complexity index is 878. The van der Waals surface area contributed by atoms with E-state index in [9.17, 15) is 19.1 Å². The van der Waals surface area contributed by atoms with Gasteiger partial charge in [0.1, 0.15) is 23.4 Å². The van der Waals surface area contributed by atoms with Crippen molar-refractivity contribution in [2.75, 3.05) is 19.7 Å². The van der Waals surface area contributed by atoms with Gasteiger partial charge in [-0.05, 0) is 37.3 Å². The minimum atomic E-state index is -0.934. The summed E-state index contributed by atoms with van der Waals surface area (Å²) in [6.07, 6.45) is 6.22. The first-order valence-corrected chi connectivity index (χ1v) is 10.9. The Morgan fingerprint density at radius 3 is 2.82 bits per heavy atom. The fourth-order valence-electron chi connectivity index (χ4n) is 3.42. The fraction of sp³-hybridized carbons (Fsp3) is 0.522. The number of amides is 2. The van der Waals surface area contributed by atoms with Crippen molar-refractivity contribution < 1.29 is 28.9 Å². The molecule has 2 atom stereocenters. The monoisotopic (exact) mass is 464 g/mol. The van der Waals surface area contributed by atoms with E-state index in [0.717, 1.165) is 0 Å². The predicted molar refractivity (Wildman–Crippen MR) is 121 cm³/mol. The maximum absolute atomic E-state index is 14.3. The molecule has 1 aliphatic heterocycles. The van der Waals surface area contributed by atoms with Crippen LogP contribution in [0.1, 0.15) is 40.0 Å². The quantitative estimate of drug-likeness (QED) is 0.233. The summed E-state index contributed by atoms with van der Waals surface area (Å²) >= 11 is 0. The Morgan fingerprint density at radius 1 is 1.42 bits per heavy atom. The average Bonchev–Trinajstić information content (AvgIpc) is 3.12. The van der Waals surface area contributed by atoms with Gasteiger partial charge >= 0.3 is 0 Å². The topological polar surface area (TPSA) is 135 Å². The van der Waals surface area contributed by atoms with Gasteiger partial charge in [0, 0.05) is 25.2 Å². The lowest BCUT2D eigenvalue weighted by Crippen LogP contribution is -2.49. The van der Waals surface area contributed by atoms with Gasteiger partial charge in [-0.1, -0.05) is 19.9 Å². The molecular formula is C23H33FN4O5. The number of rotatable bonds is 11. The zero-order valence-corrected chi connectivity index (χ0v) is 19.2. The summed E-state index contributed by atoms with van der Waals surface area (Å²) in [5.74, 6) is -0.988. The summed E-state index contributed by atoms with van der Waals surface area (Å²) in [6.45, 7) is 5.24.